The lowest BCUT2D eigenvalue weighted by Gasteiger charge is -2.36. The molecule has 0 amide bonds. The van der Waals surface area contributed by atoms with Crippen LogP contribution in [0.4, 0.5) is 0 Å². The molecule has 1 saturated heterocycles. The fraction of sp³-hybridized carbons (Fsp3) is 0.870. The molecule has 3 atom stereocenters. The number of carbonyl (C=O) groups excluding carboxylic acids is 3. The Balaban J connectivity index is 2.26. The highest BCUT2D eigenvalue weighted by atomic mass is 28.4. The van der Waals surface area contributed by atoms with Crippen LogP contribution in [0.25, 0.3) is 0 Å². The molecule has 0 spiro atoms. The number of rotatable bonds is 19. The summed E-state index contributed by atoms with van der Waals surface area (Å²) in [5.41, 5.74) is 0. The van der Waals surface area contributed by atoms with Gasteiger partial charge in [0.25, 0.3) is 0 Å². The van der Waals surface area contributed by atoms with E-state index in [4.69, 9.17) is 27.2 Å². The lowest BCUT2D eigenvalue weighted by Crippen LogP contribution is -2.49. The highest BCUT2D eigenvalue weighted by Gasteiger charge is 2.37. The molecule has 1 heterocycles. The molecule has 1 fully saturated rings. The van der Waals surface area contributed by atoms with Gasteiger partial charge in [-0.3, -0.25) is 19.4 Å². The molecule has 1 aliphatic heterocycles. The third-order valence-electron chi connectivity index (χ3n) is 6.60. The van der Waals surface area contributed by atoms with Gasteiger partial charge in [0.05, 0.1) is 25.0 Å². The summed E-state index contributed by atoms with van der Waals surface area (Å²) in [4.78, 5) is 49.9. The summed E-state index contributed by atoms with van der Waals surface area (Å²) >= 11 is 0. The Morgan fingerprint density at radius 1 is 0.784 bits per heavy atom. The third-order valence-corrected chi connectivity index (χ3v) is 11.6. The van der Waals surface area contributed by atoms with E-state index in [9.17, 15) is 19.2 Å². The molecular weight excluding hydrogens is 520 g/mol. The van der Waals surface area contributed by atoms with Gasteiger partial charge in [0.15, 0.2) is 5.91 Å². The van der Waals surface area contributed by atoms with Gasteiger partial charge in [0.2, 0.25) is 0 Å². The highest BCUT2D eigenvalue weighted by molar-refractivity contribution is 6.90. The Hall–Kier alpha value is -1.24. The average molecular weight is 567 g/mol. The molecule has 0 radical (unpaired) electrons. The van der Waals surface area contributed by atoms with Crippen molar-refractivity contribution < 1.29 is 46.4 Å². The number of esters is 2. The predicted octanol–water partition coefficient (Wildman–Crippen LogP) is 0.474. The van der Waals surface area contributed by atoms with E-state index in [2.05, 4.69) is 9.80 Å². The summed E-state index contributed by atoms with van der Waals surface area (Å²) in [6.07, 6.45) is 0.984. The molecule has 37 heavy (non-hydrogen) atoms. The molecule has 0 aromatic rings. The minimum absolute atomic E-state index is 0.144. The van der Waals surface area contributed by atoms with Crippen molar-refractivity contribution in [3.63, 3.8) is 0 Å². The Labute approximate surface area is 223 Å². The summed E-state index contributed by atoms with van der Waals surface area (Å²) in [5, 5.41) is 0. The number of ether oxygens (including phenoxy) is 2. The monoisotopic (exact) mass is 566 g/mol. The zero-order chi connectivity index (χ0) is 27.9. The molecule has 12 nitrogen and oxygen atoms in total. The van der Waals surface area contributed by atoms with E-state index in [-0.39, 0.29) is 36.4 Å². The second-order valence-corrected chi connectivity index (χ2v) is 15.3. The standard InChI is InChI=1S/C23H46N2O10Si2/c1-20(22(27)34-13-7-15-36(29,19-26)30-3)17-24-9-11-25(12-10-24)18-21(2)23(28)35-14-8-16-37(31-4,32-5)33-6/h19-21,29H,7-18H2,1-6H3. The van der Waals surface area contributed by atoms with Crippen molar-refractivity contribution in [2.45, 2.75) is 38.8 Å². The number of hydrogen-bond acceptors (Lipinski definition) is 12. The topological polar surface area (TPSA) is 133 Å². The summed E-state index contributed by atoms with van der Waals surface area (Å²) in [7, 11) is 0.0313. The first-order valence-electron chi connectivity index (χ1n) is 12.7. The van der Waals surface area contributed by atoms with E-state index >= 15 is 0 Å². The lowest BCUT2D eigenvalue weighted by atomic mass is 10.1. The van der Waals surface area contributed by atoms with Crippen LogP contribution >= 0.6 is 0 Å². The molecule has 0 saturated carbocycles. The summed E-state index contributed by atoms with van der Waals surface area (Å²) in [6.45, 7) is 8.54. The van der Waals surface area contributed by atoms with Crippen molar-refractivity contribution in [2.24, 2.45) is 11.8 Å². The SMILES string of the molecule is CO[Si](O)(C=O)CCCOC(=O)C(C)CN1CCN(CC(C)C(=O)OCCC[Si](OC)(OC)OC)CC1. The Morgan fingerprint density at radius 3 is 1.54 bits per heavy atom. The van der Waals surface area contributed by atoms with Gasteiger partial charge in [-0.1, -0.05) is 13.8 Å². The van der Waals surface area contributed by atoms with Crippen LogP contribution in [0, 0.1) is 11.8 Å². The Bertz CT molecular complexity index is 684. The van der Waals surface area contributed by atoms with Crippen LogP contribution in [-0.2, 0) is 41.6 Å². The Morgan fingerprint density at radius 2 is 1.19 bits per heavy atom. The predicted molar refractivity (Wildman–Crippen MR) is 140 cm³/mol. The molecule has 0 aliphatic carbocycles. The second kappa shape index (κ2) is 17.4. The molecule has 14 heteroatoms. The van der Waals surface area contributed by atoms with Crippen molar-refractivity contribution in [1.29, 1.82) is 0 Å². The first-order chi connectivity index (χ1) is 17.6. The Kier molecular flexibility index (Phi) is 15.9. The van der Waals surface area contributed by atoms with E-state index in [1.54, 1.807) is 21.3 Å². The first kappa shape index (κ1) is 33.8. The van der Waals surface area contributed by atoms with Gasteiger partial charge in [-0.25, -0.2) is 0 Å². The molecule has 3 unspecified atom stereocenters. The lowest BCUT2D eigenvalue weighted by molar-refractivity contribution is -0.150. The van der Waals surface area contributed by atoms with E-state index in [1.807, 2.05) is 13.8 Å². The maximum atomic E-state index is 12.4. The van der Waals surface area contributed by atoms with Crippen LogP contribution in [0.5, 0.6) is 0 Å². The van der Waals surface area contributed by atoms with Crippen molar-refractivity contribution in [3.05, 3.63) is 0 Å². The number of hydrogen-bond donors (Lipinski definition) is 1. The van der Waals surface area contributed by atoms with Gasteiger partial charge in [-0.05, 0) is 12.8 Å². The summed E-state index contributed by atoms with van der Waals surface area (Å²) < 4.78 is 31.7. The molecule has 0 bridgehead atoms. The van der Waals surface area contributed by atoms with E-state index < -0.39 is 17.4 Å². The minimum atomic E-state index is -3.30. The smallest absolute Gasteiger partial charge is 0.465 e. The average Bonchev–Trinajstić information content (AvgIpc) is 2.92. The normalized spacial score (nSPS) is 18.6. The van der Waals surface area contributed by atoms with Crippen LogP contribution < -0.4 is 0 Å². The molecule has 1 aliphatic rings. The van der Waals surface area contributed by atoms with Gasteiger partial charge in [-0.2, -0.15) is 0 Å². The molecule has 1 N–H and O–H groups in total. The first-order valence-corrected chi connectivity index (χ1v) is 16.8. The van der Waals surface area contributed by atoms with Crippen LogP contribution in [0.3, 0.4) is 0 Å². The van der Waals surface area contributed by atoms with Crippen LogP contribution in [0.2, 0.25) is 12.1 Å². The quantitative estimate of drug-likeness (QED) is 0.101. The van der Waals surface area contributed by atoms with Gasteiger partial charge < -0.3 is 36.8 Å². The van der Waals surface area contributed by atoms with Crippen LogP contribution in [0.1, 0.15) is 26.7 Å². The maximum Gasteiger partial charge on any atom is 0.500 e. The zero-order valence-corrected chi connectivity index (χ0v) is 25.2. The fourth-order valence-corrected chi connectivity index (χ4v) is 6.85. The molecule has 1 rings (SSSR count). The van der Waals surface area contributed by atoms with Crippen LogP contribution in [-0.4, -0.2) is 131 Å². The molecule has 0 aromatic heterocycles. The van der Waals surface area contributed by atoms with Gasteiger partial charge >= 0.3 is 29.3 Å². The van der Waals surface area contributed by atoms with Gasteiger partial charge in [-0.15, -0.1) is 0 Å². The van der Waals surface area contributed by atoms with Crippen LogP contribution in [0.15, 0.2) is 0 Å². The van der Waals surface area contributed by atoms with Gasteiger partial charge in [0, 0.05) is 79.8 Å². The van der Waals surface area contributed by atoms with E-state index in [1.165, 1.54) is 7.11 Å². The number of nitrogens with zero attached hydrogens (tertiary/aromatic N) is 2. The maximum absolute atomic E-state index is 12.4. The highest BCUT2D eigenvalue weighted by Crippen LogP contribution is 2.16. The molecule has 0 aromatic carbocycles. The summed E-state index contributed by atoms with van der Waals surface area (Å²) in [5.74, 6) is -0.582. The minimum Gasteiger partial charge on any atom is -0.465 e. The van der Waals surface area contributed by atoms with E-state index in [0.29, 0.717) is 44.5 Å². The van der Waals surface area contributed by atoms with Crippen molar-refractivity contribution in [2.75, 3.05) is 80.9 Å². The molecule has 216 valence electrons. The zero-order valence-electron chi connectivity index (χ0n) is 23.2. The van der Waals surface area contributed by atoms with E-state index in [0.717, 1.165) is 26.2 Å². The molecular formula is C23H46N2O10Si2. The third kappa shape index (κ3) is 12.0. The number of carbonyl (C=O) groups is 3. The largest absolute Gasteiger partial charge is 0.500 e. The summed E-state index contributed by atoms with van der Waals surface area (Å²) in [6, 6.07) is 0.769. The van der Waals surface area contributed by atoms with Crippen molar-refractivity contribution in [3.8, 4) is 0 Å². The fourth-order valence-electron chi connectivity index (χ4n) is 4.09. The second-order valence-electron chi connectivity index (χ2n) is 9.41. The van der Waals surface area contributed by atoms with Crippen molar-refractivity contribution in [1.82, 2.24) is 9.80 Å². The van der Waals surface area contributed by atoms with Gasteiger partial charge in [0.1, 0.15) is 0 Å². The number of piperazine rings is 1. The van der Waals surface area contributed by atoms with Crippen molar-refractivity contribution >= 4 is 35.2 Å².